The lowest BCUT2D eigenvalue weighted by Crippen LogP contribution is -1.88. The Labute approximate surface area is 119 Å². The van der Waals surface area contributed by atoms with Crippen molar-refractivity contribution in [2.75, 3.05) is 5.73 Å². The lowest BCUT2D eigenvalue weighted by molar-refractivity contribution is 1.10. The molecule has 0 atom stereocenters. The standard InChI is InChI=1S/C14H10ClN3S/c15-11-7-9(16)5-6-13(11)19-14-10-3-1-2-4-12(10)17-8-18-14/h1-8H,16H2. The number of halogens is 1. The molecule has 0 spiro atoms. The molecule has 0 amide bonds. The second-order valence-corrected chi connectivity index (χ2v) is 5.43. The summed E-state index contributed by atoms with van der Waals surface area (Å²) in [6.07, 6.45) is 1.57. The topological polar surface area (TPSA) is 51.8 Å². The van der Waals surface area contributed by atoms with Gasteiger partial charge in [-0.15, -0.1) is 0 Å². The fraction of sp³-hybridized carbons (Fsp3) is 0. The largest absolute Gasteiger partial charge is 0.399 e. The summed E-state index contributed by atoms with van der Waals surface area (Å²) in [5.74, 6) is 0. The molecule has 3 aromatic rings. The number of benzene rings is 2. The molecular formula is C14H10ClN3S. The van der Waals surface area contributed by atoms with E-state index in [9.17, 15) is 0 Å². The van der Waals surface area contributed by atoms with Crippen LogP contribution in [0.2, 0.25) is 5.02 Å². The van der Waals surface area contributed by atoms with Crippen molar-refractivity contribution in [1.82, 2.24) is 9.97 Å². The van der Waals surface area contributed by atoms with Gasteiger partial charge in [-0.25, -0.2) is 9.97 Å². The number of hydrogen-bond donors (Lipinski definition) is 1. The van der Waals surface area contributed by atoms with Gasteiger partial charge in [-0.2, -0.15) is 0 Å². The number of nitrogen functional groups attached to an aromatic ring is 1. The van der Waals surface area contributed by atoms with E-state index in [1.54, 1.807) is 12.4 Å². The van der Waals surface area contributed by atoms with Crippen LogP contribution in [0.1, 0.15) is 0 Å². The molecular weight excluding hydrogens is 278 g/mol. The minimum absolute atomic E-state index is 0.632. The maximum Gasteiger partial charge on any atom is 0.117 e. The van der Waals surface area contributed by atoms with E-state index in [4.69, 9.17) is 17.3 Å². The average Bonchev–Trinajstić information content (AvgIpc) is 2.42. The van der Waals surface area contributed by atoms with Gasteiger partial charge >= 0.3 is 0 Å². The predicted molar refractivity (Wildman–Crippen MR) is 79.5 cm³/mol. The molecule has 0 unspecified atom stereocenters. The lowest BCUT2D eigenvalue weighted by atomic mass is 10.2. The second-order valence-electron chi connectivity index (χ2n) is 3.99. The van der Waals surface area contributed by atoms with E-state index in [2.05, 4.69) is 9.97 Å². The van der Waals surface area contributed by atoms with E-state index in [-0.39, 0.29) is 0 Å². The van der Waals surface area contributed by atoms with Crippen molar-refractivity contribution in [3.8, 4) is 0 Å². The number of anilines is 1. The molecule has 0 aliphatic carbocycles. The average molecular weight is 288 g/mol. The highest BCUT2D eigenvalue weighted by Crippen LogP contribution is 2.35. The molecule has 0 bridgehead atoms. The van der Waals surface area contributed by atoms with Gasteiger partial charge in [0.05, 0.1) is 10.5 Å². The highest BCUT2D eigenvalue weighted by molar-refractivity contribution is 7.99. The third kappa shape index (κ3) is 2.50. The SMILES string of the molecule is Nc1ccc(Sc2ncnc3ccccc23)c(Cl)c1. The van der Waals surface area contributed by atoms with Gasteiger partial charge in [0.2, 0.25) is 0 Å². The molecule has 0 saturated heterocycles. The van der Waals surface area contributed by atoms with E-state index < -0.39 is 0 Å². The molecule has 19 heavy (non-hydrogen) atoms. The molecule has 0 saturated carbocycles. The first-order valence-corrected chi connectivity index (χ1v) is 6.86. The van der Waals surface area contributed by atoms with Crippen LogP contribution in [0.3, 0.4) is 0 Å². The van der Waals surface area contributed by atoms with Crippen LogP contribution in [0.4, 0.5) is 5.69 Å². The molecule has 1 heterocycles. The maximum atomic E-state index is 6.19. The lowest BCUT2D eigenvalue weighted by Gasteiger charge is -2.06. The summed E-state index contributed by atoms with van der Waals surface area (Å²) in [5.41, 5.74) is 7.27. The van der Waals surface area contributed by atoms with E-state index in [0.717, 1.165) is 20.8 Å². The first kappa shape index (κ1) is 12.3. The molecule has 5 heteroatoms. The fourth-order valence-electron chi connectivity index (χ4n) is 1.77. The van der Waals surface area contributed by atoms with Crippen molar-refractivity contribution < 1.29 is 0 Å². The molecule has 2 N–H and O–H groups in total. The van der Waals surface area contributed by atoms with E-state index in [1.807, 2.05) is 36.4 Å². The Hall–Kier alpha value is -1.78. The smallest absolute Gasteiger partial charge is 0.117 e. The van der Waals surface area contributed by atoms with Gasteiger partial charge in [-0.3, -0.25) is 0 Å². The van der Waals surface area contributed by atoms with Crippen molar-refractivity contribution in [2.45, 2.75) is 9.92 Å². The van der Waals surface area contributed by atoms with Gasteiger partial charge in [0, 0.05) is 16.0 Å². The van der Waals surface area contributed by atoms with Gasteiger partial charge in [-0.05, 0) is 24.3 Å². The first-order valence-electron chi connectivity index (χ1n) is 5.66. The zero-order valence-electron chi connectivity index (χ0n) is 9.88. The molecule has 1 aromatic heterocycles. The molecule has 0 fully saturated rings. The maximum absolute atomic E-state index is 6.19. The van der Waals surface area contributed by atoms with Gasteiger partial charge in [0.25, 0.3) is 0 Å². The third-order valence-electron chi connectivity index (χ3n) is 2.67. The minimum atomic E-state index is 0.632. The normalized spacial score (nSPS) is 10.8. The highest BCUT2D eigenvalue weighted by atomic mass is 35.5. The van der Waals surface area contributed by atoms with Crippen LogP contribution in [0.5, 0.6) is 0 Å². The zero-order valence-corrected chi connectivity index (χ0v) is 11.4. The Balaban J connectivity index is 2.06. The number of rotatable bonds is 2. The fourth-order valence-corrected chi connectivity index (χ4v) is 2.95. The summed E-state index contributed by atoms with van der Waals surface area (Å²) in [7, 11) is 0. The van der Waals surface area contributed by atoms with E-state index in [1.165, 1.54) is 11.8 Å². The monoisotopic (exact) mass is 287 g/mol. The number of fused-ring (bicyclic) bond motifs is 1. The van der Waals surface area contributed by atoms with Gasteiger partial charge in [0.15, 0.2) is 0 Å². The van der Waals surface area contributed by atoms with Crippen molar-refractivity contribution in [3.05, 3.63) is 53.8 Å². The van der Waals surface area contributed by atoms with Crippen LogP contribution in [-0.4, -0.2) is 9.97 Å². The Morgan fingerprint density at radius 2 is 1.89 bits per heavy atom. The van der Waals surface area contributed by atoms with Crippen LogP contribution in [0.25, 0.3) is 10.9 Å². The Morgan fingerprint density at radius 1 is 1.05 bits per heavy atom. The number of nitrogens with zero attached hydrogens (tertiary/aromatic N) is 2. The zero-order chi connectivity index (χ0) is 13.2. The molecule has 3 rings (SSSR count). The van der Waals surface area contributed by atoms with Crippen LogP contribution in [-0.2, 0) is 0 Å². The summed E-state index contributed by atoms with van der Waals surface area (Å²) < 4.78 is 0. The summed E-state index contributed by atoms with van der Waals surface area (Å²) in [6, 6.07) is 13.4. The summed E-state index contributed by atoms with van der Waals surface area (Å²) >= 11 is 7.70. The van der Waals surface area contributed by atoms with Crippen molar-refractivity contribution in [1.29, 1.82) is 0 Å². The summed E-state index contributed by atoms with van der Waals surface area (Å²) in [5, 5.41) is 2.54. The predicted octanol–water partition coefficient (Wildman–Crippen LogP) is 4.02. The quantitative estimate of drug-likeness (QED) is 0.571. The van der Waals surface area contributed by atoms with Crippen LogP contribution in [0.15, 0.2) is 58.7 Å². The number of aromatic nitrogens is 2. The molecule has 0 aliphatic heterocycles. The Kier molecular flexibility index (Phi) is 3.27. The van der Waals surface area contributed by atoms with Crippen molar-refractivity contribution in [3.63, 3.8) is 0 Å². The van der Waals surface area contributed by atoms with Crippen molar-refractivity contribution in [2.24, 2.45) is 0 Å². The molecule has 3 nitrogen and oxygen atoms in total. The van der Waals surface area contributed by atoms with Gasteiger partial charge in [-0.1, -0.05) is 41.6 Å². The van der Waals surface area contributed by atoms with E-state index in [0.29, 0.717) is 10.7 Å². The van der Waals surface area contributed by atoms with Crippen LogP contribution >= 0.6 is 23.4 Å². The van der Waals surface area contributed by atoms with Crippen molar-refractivity contribution >= 4 is 40.0 Å². The van der Waals surface area contributed by atoms with Gasteiger partial charge < -0.3 is 5.73 Å². The Bertz CT molecular complexity index is 740. The van der Waals surface area contributed by atoms with Crippen LogP contribution in [0, 0.1) is 0 Å². The molecule has 2 aromatic carbocycles. The number of para-hydroxylation sites is 1. The van der Waals surface area contributed by atoms with Crippen LogP contribution < -0.4 is 5.73 Å². The highest BCUT2D eigenvalue weighted by Gasteiger charge is 2.08. The number of nitrogens with two attached hydrogens (primary N) is 1. The minimum Gasteiger partial charge on any atom is -0.399 e. The summed E-state index contributed by atoms with van der Waals surface area (Å²) in [4.78, 5) is 9.50. The molecule has 0 aliphatic rings. The Morgan fingerprint density at radius 3 is 2.74 bits per heavy atom. The summed E-state index contributed by atoms with van der Waals surface area (Å²) in [6.45, 7) is 0. The third-order valence-corrected chi connectivity index (χ3v) is 4.19. The number of hydrogen-bond acceptors (Lipinski definition) is 4. The first-order chi connectivity index (χ1) is 9.24. The van der Waals surface area contributed by atoms with Gasteiger partial charge in [0.1, 0.15) is 11.4 Å². The molecule has 94 valence electrons. The van der Waals surface area contributed by atoms with E-state index >= 15 is 0 Å². The second kappa shape index (κ2) is 5.07. The molecule has 0 radical (unpaired) electrons.